The third-order valence-electron chi connectivity index (χ3n) is 5.09. The summed E-state index contributed by atoms with van der Waals surface area (Å²) in [7, 11) is 0. The second-order valence-electron chi connectivity index (χ2n) is 7.44. The van der Waals surface area contributed by atoms with Gasteiger partial charge in [0.15, 0.2) is 0 Å². The Morgan fingerprint density at radius 1 is 1.15 bits per heavy atom. The van der Waals surface area contributed by atoms with Gasteiger partial charge in [0.2, 0.25) is 5.88 Å². The van der Waals surface area contributed by atoms with Crippen molar-refractivity contribution >= 4 is 53.9 Å². The molecule has 1 amide bonds. The highest BCUT2D eigenvalue weighted by atomic mass is 79.9. The number of aromatic nitrogens is 3. The molecule has 0 saturated carbocycles. The van der Waals surface area contributed by atoms with Gasteiger partial charge in [-0.25, -0.2) is 9.78 Å². The van der Waals surface area contributed by atoms with Gasteiger partial charge in [-0.3, -0.25) is 18.6 Å². The first-order valence-corrected chi connectivity index (χ1v) is 12.7. The second-order valence-corrected chi connectivity index (χ2v) is 10.2. The predicted molar refractivity (Wildman–Crippen MR) is 138 cm³/mol. The number of amides is 1. The zero-order valence-electron chi connectivity index (χ0n) is 18.3. The van der Waals surface area contributed by atoms with Crippen molar-refractivity contribution in [3.63, 3.8) is 0 Å². The molecule has 0 unspecified atom stereocenters. The Bertz CT molecular complexity index is 1490. The number of carbonyl (C=O) groups is 1. The molecule has 0 atom stereocenters. The van der Waals surface area contributed by atoms with Crippen LogP contribution >= 0.6 is 43.2 Å². The summed E-state index contributed by atoms with van der Waals surface area (Å²) in [5.74, 6) is 0.186. The third-order valence-corrected chi connectivity index (χ3v) is 8.17. The van der Waals surface area contributed by atoms with Crippen LogP contribution in [0.5, 0.6) is 5.88 Å². The molecule has 0 radical (unpaired) electrons. The van der Waals surface area contributed by atoms with Crippen LogP contribution in [0.15, 0.2) is 61.3 Å². The van der Waals surface area contributed by atoms with E-state index < -0.39 is 5.69 Å². The molecule has 3 aromatic heterocycles. The van der Waals surface area contributed by atoms with Crippen LogP contribution in [0.25, 0.3) is 4.83 Å². The van der Waals surface area contributed by atoms with Gasteiger partial charge in [0.1, 0.15) is 9.71 Å². The lowest BCUT2D eigenvalue weighted by Gasteiger charge is -2.08. The van der Waals surface area contributed by atoms with Crippen LogP contribution in [0.2, 0.25) is 0 Å². The van der Waals surface area contributed by atoms with Gasteiger partial charge in [-0.15, -0.1) is 11.3 Å². The van der Waals surface area contributed by atoms with Crippen molar-refractivity contribution in [3.8, 4) is 5.88 Å². The largest absolute Gasteiger partial charge is 0.478 e. The standard InChI is InChI=1S/C23H20Br2N4O4S/c1-3-33-19-7-5-15(9-26-19)10-27-20(30)18-12-29-22(34-18)13(2)21(31)28(23(29)32)11-14-4-6-16(24)17(25)8-14/h4-9,12H,3,10-11H2,1-2H3,(H,27,30). The number of pyridine rings is 1. The maximum Gasteiger partial charge on any atom is 0.336 e. The first-order valence-electron chi connectivity index (χ1n) is 10.3. The molecule has 0 fully saturated rings. The van der Waals surface area contributed by atoms with Gasteiger partial charge in [-0.05, 0) is 69.0 Å². The number of thiazole rings is 1. The quantitative estimate of drug-likeness (QED) is 0.341. The van der Waals surface area contributed by atoms with E-state index in [0.717, 1.165) is 31.4 Å². The van der Waals surface area contributed by atoms with Crippen molar-refractivity contribution in [3.05, 3.63) is 94.1 Å². The first-order chi connectivity index (χ1) is 16.3. The second kappa shape index (κ2) is 10.2. The first kappa shape index (κ1) is 24.4. The van der Waals surface area contributed by atoms with Crippen LogP contribution in [-0.4, -0.2) is 26.5 Å². The van der Waals surface area contributed by atoms with Gasteiger partial charge in [-0.2, -0.15) is 0 Å². The van der Waals surface area contributed by atoms with Crippen LogP contribution < -0.4 is 21.3 Å². The highest BCUT2D eigenvalue weighted by molar-refractivity contribution is 9.13. The molecule has 176 valence electrons. The number of carbonyl (C=O) groups excluding carboxylic acids is 1. The molecule has 3 heterocycles. The number of halogens is 2. The summed E-state index contributed by atoms with van der Waals surface area (Å²) in [6, 6.07) is 9.10. The van der Waals surface area contributed by atoms with E-state index in [1.165, 1.54) is 15.2 Å². The number of nitrogens with one attached hydrogen (secondary N) is 1. The molecule has 1 N–H and O–H groups in total. The molecule has 0 aliphatic rings. The van der Waals surface area contributed by atoms with Crippen molar-refractivity contribution in [2.75, 3.05) is 6.61 Å². The smallest absolute Gasteiger partial charge is 0.336 e. The van der Waals surface area contributed by atoms with E-state index in [0.29, 0.717) is 27.8 Å². The Balaban J connectivity index is 1.59. The van der Waals surface area contributed by atoms with E-state index in [4.69, 9.17) is 4.74 Å². The summed E-state index contributed by atoms with van der Waals surface area (Å²) in [5.41, 5.74) is 1.15. The monoisotopic (exact) mass is 606 g/mol. The van der Waals surface area contributed by atoms with E-state index in [-0.39, 0.29) is 24.6 Å². The van der Waals surface area contributed by atoms with E-state index in [1.807, 2.05) is 31.2 Å². The molecule has 11 heteroatoms. The summed E-state index contributed by atoms with van der Waals surface area (Å²) < 4.78 is 9.56. The number of benzene rings is 1. The molecule has 0 aliphatic carbocycles. The molecule has 0 saturated heterocycles. The van der Waals surface area contributed by atoms with Crippen LogP contribution in [0.4, 0.5) is 0 Å². The van der Waals surface area contributed by atoms with Crippen molar-refractivity contribution in [2.24, 2.45) is 0 Å². The Labute approximate surface area is 215 Å². The normalized spacial score (nSPS) is 11.1. The van der Waals surface area contributed by atoms with Gasteiger partial charge >= 0.3 is 5.69 Å². The summed E-state index contributed by atoms with van der Waals surface area (Å²) in [4.78, 5) is 43.8. The lowest BCUT2D eigenvalue weighted by atomic mass is 10.2. The molecule has 4 aromatic rings. The average Bonchev–Trinajstić information content (AvgIpc) is 3.28. The number of hydrogen-bond acceptors (Lipinski definition) is 6. The summed E-state index contributed by atoms with van der Waals surface area (Å²) in [5, 5.41) is 2.83. The SMILES string of the molecule is CCOc1ccc(CNC(=O)c2cn3c(=O)n(Cc4ccc(Br)c(Br)c4)c(=O)c(C)c3s2)cn1. The zero-order chi connectivity index (χ0) is 24.4. The van der Waals surface area contributed by atoms with Gasteiger partial charge in [0, 0.05) is 39.5 Å². The molecular formula is C23H20Br2N4O4S. The fraction of sp³-hybridized carbons (Fsp3) is 0.217. The Kier molecular flexibility index (Phi) is 7.34. The van der Waals surface area contributed by atoms with Crippen molar-refractivity contribution in [1.82, 2.24) is 19.3 Å². The van der Waals surface area contributed by atoms with Gasteiger partial charge in [0.05, 0.1) is 13.2 Å². The lowest BCUT2D eigenvalue weighted by molar-refractivity contribution is 0.0954. The highest BCUT2D eigenvalue weighted by Gasteiger charge is 2.18. The number of fused-ring (bicyclic) bond motifs is 1. The topological polar surface area (TPSA) is 94.7 Å². The van der Waals surface area contributed by atoms with E-state index in [9.17, 15) is 14.4 Å². The molecular weight excluding hydrogens is 588 g/mol. The Morgan fingerprint density at radius 3 is 2.59 bits per heavy atom. The van der Waals surface area contributed by atoms with E-state index in [2.05, 4.69) is 42.2 Å². The summed E-state index contributed by atoms with van der Waals surface area (Å²) >= 11 is 7.97. The fourth-order valence-corrected chi connectivity index (χ4v) is 5.02. The molecule has 0 bridgehead atoms. The molecule has 4 rings (SSSR count). The molecule has 0 spiro atoms. The predicted octanol–water partition coefficient (Wildman–Crippen LogP) is 4.13. The minimum Gasteiger partial charge on any atom is -0.478 e. The van der Waals surface area contributed by atoms with Gasteiger partial charge in [0.25, 0.3) is 11.5 Å². The number of ether oxygens (including phenoxy) is 1. The average molecular weight is 608 g/mol. The molecule has 34 heavy (non-hydrogen) atoms. The van der Waals surface area contributed by atoms with Crippen LogP contribution in [-0.2, 0) is 13.1 Å². The van der Waals surface area contributed by atoms with Crippen molar-refractivity contribution < 1.29 is 9.53 Å². The fourth-order valence-electron chi connectivity index (χ4n) is 3.35. The highest BCUT2D eigenvalue weighted by Crippen LogP contribution is 2.24. The minimum absolute atomic E-state index is 0.120. The Morgan fingerprint density at radius 2 is 1.91 bits per heavy atom. The number of hydrogen-bond donors (Lipinski definition) is 1. The maximum absolute atomic E-state index is 13.1. The van der Waals surface area contributed by atoms with Gasteiger partial charge in [-0.1, -0.05) is 12.1 Å². The molecule has 0 aliphatic heterocycles. The van der Waals surface area contributed by atoms with E-state index >= 15 is 0 Å². The number of rotatable bonds is 7. The van der Waals surface area contributed by atoms with Crippen LogP contribution in [0.1, 0.15) is 33.3 Å². The van der Waals surface area contributed by atoms with Crippen LogP contribution in [0.3, 0.4) is 0 Å². The van der Waals surface area contributed by atoms with Gasteiger partial charge < -0.3 is 10.1 Å². The molecule has 8 nitrogen and oxygen atoms in total. The Hall–Kier alpha value is -2.76. The lowest BCUT2D eigenvalue weighted by Crippen LogP contribution is -2.38. The summed E-state index contributed by atoms with van der Waals surface area (Å²) in [6.07, 6.45) is 3.12. The van der Waals surface area contributed by atoms with Crippen LogP contribution in [0, 0.1) is 6.92 Å². The van der Waals surface area contributed by atoms with Crippen molar-refractivity contribution in [1.29, 1.82) is 0 Å². The van der Waals surface area contributed by atoms with E-state index in [1.54, 1.807) is 19.2 Å². The minimum atomic E-state index is -0.490. The number of nitrogens with zero attached hydrogens (tertiary/aromatic N) is 3. The molecule has 1 aromatic carbocycles. The third kappa shape index (κ3) is 5.01. The van der Waals surface area contributed by atoms with Crippen molar-refractivity contribution in [2.45, 2.75) is 26.9 Å². The zero-order valence-corrected chi connectivity index (χ0v) is 22.3. The summed E-state index contributed by atoms with van der Waals surface area (Å²) in [6.45, 7) is 4.46. The maximum atomic E-state index is 13.1. The number of aryl methyl sites for hydroxylation is 1.